The number of thioether (sulfide) groups is 1. The first-order valence-electron chi connectivity index (χ1n) is 8.65. The van der Waals surface area contributed by atoms with Crippen molar-refractivity contribution in [2.45, 2.75) is 24.9 Å². The summed E-state index contributed by atoms with van der Waals surface area (Å²) < 4.78 is 14.5. The highest BCUT2D eigenvalue weighted by Crippen LogP contribution is 2.34. The smallest absolute Gasteiger partial charge is 0.234 e. The Hall–Kier alpha value is -2.94. The lowest BCUT2D eigenvalue weighted by Gasteiger charge is -2.11. The number of fused-ring (bicyclic) bond motifs is 1. The van der Waals surface area contributed by atoms with Gasteiger partial charge in [0.15, 0.2) is 17.3 Å². The second kappa shape index (κ2) is 7.75. The quantitative estimate of drug-likeness (QED) is 0.630. The highest BCUT2D eigenvalue weighted by Gasteiger charge is 2.17. The largest absolute Gasteiger partial charge is 0.454 e. The van der Waals surface area contributed by atoms with E-state index in [4.69, 9.17) is 9.47 Å². The van der Waals surface area contributed by atoms with Crippen LogP contribution in [-0.2, 0) is 11.2 Å². The molecule has 1 N–H and O–H groups in total. The van der Waals surface area contributed by atoms with Crippen molar-refractivity contribution in [2.24, 2.45) is 0 Å². The summed E-state index contributed by atoms with van der Waals surface area (Å²) in [6, 6.07) is 9.21. The molecule has 0 saturated heterocycles. The SMILES string of the molecule is CCCc1nnc(SCC(=O)Nc2ccc3c(c2)OCO3)n1-n1cccc1. The number of ether oxygens (including phenoxy) is 2. The standard InChI is InChI=1S/C18H19N5O3S/c1-2-5-16-20-21-18(23(16)22-8-3-4-9-22)27-11-17(24)19-13-6-7-14-15(10-13)26-12-25-14/h3-4,6-10H,2,5,11-12H2,1H3,(H,19,24). The Balaban J connectivity index is 1.43. The minimum absolute atomic E-state index is 0.127. The van der Waals surface area contributed by atoms with Gasteiger partial charge in [-0.3, -0.25) is 9.47 Å². The van der Waals surface area contributed by atoms with Gasteiger partial charge in [0.05, 0.1) is 5.75 Å². The Kier molecular flexibility index (Phi) is 5.01. The third-order valence-corrected chi connectivity index (χ3v) is 4.88. The molecular formula is C18H19N5O3S. The molecule has 0 aliphatic carbocycles. The van der Waals surface area contributed by atoms with Crippen molar-refractivity contribution in [3.63, 3.8) is 0 Å². The Bertz CT molecular complexity index is 939. The number of nitrogens with zero attached hydrogens (tertiary/aromatic N) is 4. The van der Waals surface area contributed by atoms with Crippen LogP contribution in [0.5, 0.6) is 11.5 Å². The molecule has 0 spiro atoms. The lowest BCUT2D eigenvalue weighted by molar-refractivity contribution is -0.113. The van der Waals surface area contributed by atoms with E-state index in [0.29, 0.717) is 22.3 Å². The molecule has 0 bridgehead atoms. The van der Waals surface area contributed by atoms with E-state index in [1.807, 2.05) is 33.9 Å². The van der Waals surface area contributed by atoms with Gasteiger partial charge in [-0.1, -0.05) is 18.7 Å². The summed E-state index contributed by atoms with van der Waals surface area (Å²) in [6.45, 7) is 2.30. The normalized spacial score (nSPS) is 12.3. The van der Waals surface area contributed by atoms with Crippen LogP contribution in [-0.4, -0.2) is 38.0 Å². The molecule has 1 aliphatic heterocycles. The van der Waals surface area contributed by atoms with Crippen LogP contribution in [0.4, 0.5) is 5.69 Å². The summed E-state index contributed by atoms with van der Waals surface area (Å²) in [7, 11) is 0. The van der Waals surface area contributed by atoms with Crippen LogP contribution >= 0.6 is 11.8 Å². The number of amides is 1. The second-order valence-corrected chi connectivity index (χ2v) is 6.87. The first-order chi connectivity index (χ1) is 13.2. The summed E-state index contributed by atoms with van der Waals surface area (Å²) >= 11 is 1.35. The number of anilines is 1. The van der Waals surface area contributed by atoms with Gasteiger partial charge in [-0.25, -0.2) is 4.68 Å². The van der Waals surface area contributed by atoms with E-state index >= 15 is 0 Å². The average molecular weight is 385 g/mol. The molecule has 0 radical (unpaired) electrons. The molecule has 2 aromatic heterocycles. The minimum atomic E-state index is -0.127. The molecule has 1 aliphatic rings. The van der Waals surface area contributed by atoms with Crippen LogP contribution in [0.3, 0.4) is 0 Å². The molecule has 0 atom stereocenters. The molecule has 3 aromatic rings. The molecule has 0 fully saturated rings. The van der Waals surface area contributed by atoms with Gasteiger partial charge >= 0.3 is 0 Å². The molecule has 3 heterocycles. The van der Waals surface area contributed by atoms with E-state index in [1.54, 1.807) is 18.2 Å². The van der Waals surface area contributed by atoms with Crippen molar-refractivity contribution in [2.75, 3.05) is 17.9 Å². The summed E-state index contributed by atoms with van der Waals surface area (Å²) in [6.07, 6.45) is 5.64. The van der Waals surface area contributed by atoms with Gasteiger partial charge in [-0.05, 0) is 30.7 Å². The van der Waals surface area contributed by atoms with Gasteiger partial charge in [0, 0.05) is 30.6 Å². The highest BCUT2D eigenvalue weighted by molar-refractivity contribution is 7.99. The fourth-order valence-corrected chi connectivity index (χ4v) is 3.51. The minimum Gasteiger partial charge on any atom is -0.454 e. The number of benzene rings is 1. The Morgan fingerprint density at radius 1 is 1.22 bits per heavy atom. The van der Waals surface area contributed by atoms with Crippen LogP contribution < -0.4 is 14.8 Å². The van der Waals surface area contributed by atoms with Gasteiger partial charge in [0.25, 0.3) is 0 Å². The van der Waals surface area contributed by atoms with Crippen LogP contribution in [0.25, 0.3) is 0 Å². The van der Waals surface area contributed by atoms with Crippen LogP contribution in [0.15, 0.2) is 47.9 Å². The zero-order valence-corrected chi connectivity index (χ0v) is 15.6. The van der Waals surface area contributed by atoms with Crippen LogP contribution in [0, 0.1) is 0 Å². The summed E-state index contributed by atoms with van der Waals surface area (Å²) in [5.74, 6) is 2.29. The number of nitrogens with one attached hydrogen (secondary N) is 1. The van der Waals surface area contributed by atoms with E-state index < -0.39 is 0 Å². The predicted octanol–water partition coefficient (Wildman–Crippen LogP) is 2.80. The van der Waals surface area contributed by atoms with Gasteiger partial charge in [0.1, 0.15) is 0 Å². The fourth-order valence-electron chi connectivity index (χ4n) is 2.76. The monoisotopic (exact) mass is 385 g/mol. The Labute approximate surface area is 160 Å². The summed E-state index contributed by atoms with van der Waals surface area (Å²) in [5, 5.41) is 12.1. The highest BCUT2D eigenvalue weighted by atomic mass is 32.2. The van der Waals surface area contributed by atoms with Crippen molar-refractivity contribution in [3.8, 4) is 11.5 Å². The maximum atomic E-state index is 12.3. The molecule has 4 rings (SSSR count). The van der Waals surface area contributed by atoms with E-state index in [9.17, 15) is 4.79 Å². The van der Waals surface area contributed by atoms with Crippen molar-refractivity contribution < 1.29 is 14.3 Å². The first-order valence-corrected chi connectivity index (χ1v) is 9.63. The lowest BCUT2D eigenvalue weighted by atomic mass is 10.3. The van der Waals surface area contributed by atoms with Gasteiger partial charge in [-0.2, -0.15) is 0 Å². The Morgan fingerprint density at radius 3 is 2.85 bits per heavy atom. The van der Waals surface area contributed by atoms with Crippen molar-refractivity contribution in [1.29, 1.82) is 0 Å². The molecule has 140 valence electrons. The van der Waals surface area contributed by atoms with E-state index in [2.05, 4.69) is 22.4 Å². The summed E-state index contributed by atoms with van der Waals surface area (Å²) in [5.41, 5.74) is 0.670. The zero-order chi connectivity index (χ0) is 18.6. The molecule has 27 heavy (non-hydrogen) atoms. The van der Waals surface area contributed by atoms with Crippen LogP contribution in [0.2, 0.25) is 0 Å². The second-order valence-electron chi connectivity index (χ2n) is 5.93. The molecule has 1 aromatic carbocycles. The van der Waals surface area contributed by atoms with Crippen molar-refractivity contribution in [3.05, 3.63) is 48.5 Å². The molecule has 1 amide bonds. The molecule has 0 saturated carbocycles. The van der Waals surface area contributed by atoms with Gasteiger partial charge in [0.2, 0.25) is 17.9 Å². The molecule has 8 nitrogen and oxygen atoms in total. The number of carbonyl (C=O) groups excluding carboxylic acids is 1. The maximum Gasteiger partial charge on any atom is 0.234 e. The topological polar surface area (TPSA) is 83.2 Å². The Morgan fingerprint density at radius 2 is 2.04 bits per heavy atom. The number of aromatic nitrogens is 4. The van der Waals surface area contributed by atoms with Crippen molar-refractivity contribution >= 4 is 23.4 Å². The molecule has 0 unspecified atom stereocenters. The zero-order valence-electron chi connectivity index (χ0n) is 14.8. The average Bonchev–Trinajstić information content (AvgIpc) is 3.40. The molecular weight excluding hydrogens is 366 g/mol. The third kappa shape index (κ3) is 3.77. The van der Waals surface area contributed by atoms with E-state index in [-0.39, 0.29) is 18.5 Å². The van der Waals surface area contributed by atoms with Gasteiger partial charge < -0.3 is 14.8 Å². The number of rotatable bonds is 7. The number of aryl methyl sites for hydroxylation is 1. The first kappa shape index (κ1) is 17.5. The number of hydrogen-bond donors (Lipinski definition) is 1. The van der Waals surface area contributed by atoms with Gasteiger partial charge in [-0.15, -0.1) is 10.2 Å². The van der Waals surface area contributed by atoms with Crippen LogP contribution in [0.1, 0.15) is 19.2 Å². The fraction of sp³-hybridized carbons (Fsp3) is 0.278. The predicted molar refractivity (Wildman–Crippen MR) is 101 cm³/mol. The third-order valence-electron chi connectivity index (χ3n) is 3.96. The maximum absolute atomic E-state index is 12.3. The van der Waals surface area contributed by atoms with Crippen molar-refractivity contribution in [1.82, 2.24) is 19.5 Å². The summed E-state index contributed by atoms with van der Waals surface area (Å²) in [4.78, 5) is 12.3. The van der Waals surface area contributed by atoms with E-state index in [0.717, 1.165) is 18.7 Å². The number of carbonyl (C=O) groups is 1. The lowest BCUT2D eigenvalue weighted by Crippen LogP contribution is -2.16. The molecule has 9 heteroatoms. The number of hydrogen-bond acceptors (Lipinski definition) is 6. The van der Waals surface area contributed by atoms with E-state index in [1.165, 1.54) is 11.8 Å².